The summed E-state index contributed by atoms with van der Waals surface area (Å²) in [7, 11) is 0. The summed E-state index contributed by atoms with van der Waals surface area (Å²) in [5, 5.41) is 2.89. The van der Waals surface area contributed by atoms with E-state index in [0.29, 0.717) is 11.3 Å². The molecule has 0 unspecified atom stereocenters. The molecule has 24 heavy (non-hydrogen) atoms. The first-order valence-electron chi connectivity index (χ1n) is 8.19. The number of nitrogens with one attached hydrogen (secondary N) is 1. The first-order chi connectivity index (χ1) is 11.5. The predicted octanol–water partition coefficient (Wildman–Crippen LogP) is 2.26. The summed E-state index contributed by atoms with van der Waals surface area (Å²) < 4.78 is 10.4. The number of carbonyl (C=O) groups is 3. The van der Waals surface area contributed by atoms with Gasteiger partial charge in [-0.15, -0.1) is 0 Å². The third-order valence-corrected chi connectivity index (χ3v) is 4.00. The van der Waals surface area contributed by atoms with E-state index in [4.69, 9.17) is 9.47 Å². The Balaban J connectivity index is 1.73. The highest BCUT2D eigenvalue weighted by molar-refractivity contribution is 5.94. The lowest BCUT2D eigenvalue weighted by atomic mass is 10.1. The summed E-state index contributed by atoms with van der Waals surface area (Å²) in [4.78, 5) is 34.9. The number of esters is 1. The van der Waals surface area contributed by atoms with Crippen molar-refractivity contribution in [1.29, 1.82) is 0 Å². The minimum atomic E-state index is -0.846. The molecule has 0 aliphatic heterocycles. The van der Waals surface area contributed by atoms with Crippen LogP contribution in [0.5, 0.6) is 5.75 Å². The molecule has 0 aromatic heterocycles. The van der Waals surface area contributed by atoms with Gasteiger partial charge < -0.3 is 14.8 Å². The molecule has 1 amide bonds. The van der Waals surface area contributed by atoms with Gasteiger partial charge in [0.2, 0.25) is 0 Å². The maximum atomic E-state index is 11.9. The second-order valence-corrected chi connectivity index (χ2v) is 5.99. The molecule has 0 spiro atoms. The van der Waals surface area contributed by atoms with Crippen molar-refractivity contribution < 1.29 is 23.9 Å². The molecular formula is C18H23NO5. The molecule has 1 aromatic carbocycles. The van der Waals surface area contributed by atoms with Crippen LogP contribution in [0.25, 0.3) is 0 Å². The number of carbonyl (C=O) groups excluding carboxylic acids is 3. The SMILES string of the molecule is CC(=O)c1ccc(OCC(=O)O[C@H](C)C(=O)NC2CCCC2)cc1. The van der Waals surface area contributed by atoms with E-state index in [0.717, 1.165) is 25.7 Å². The molecule has 1 aliphatic rings. The second-order valence-electron chi connectivity index (χ2n) is 5.99. The summed E-state index contributed by atoms with van der Waals surface area (Å²) in [6.45, 7) is 2.73. The van der Waals surface area contributed by atoms with Crippen LogP contribution in [0.4, 0.5) is 0 Å². The lowest BCUT2D eigenvalue weighted by Crippen LogP contribution is -2.41. The molecule has 1 aliphatic carbocycles. The van der Waals surface area contributed by atoms with E-state index >= 15 is 0 Å². The Labute approximate surface area is 141 Å². The van der Waals surface area contributed by atoms with Crippen LogP contribution < -0.4 is 10.1 Å². The molecule has 1 N–H and O–H groups in total. The van der Waals surface area contributed by atoms with Gasteiger partial charge >= 0.3 is 5.97 Å². The Morgan fingerprint density at radius 1 is 1.17 bits per heavy atom. The zero-order chi connectivity index (χ0) is 17.5. The first-order valence-corrected chi connectivity index (χ1v) is 8.19. The van der Waals surface area contributed by atoms with Crippen LogP contribution in [0.15, 0.2) is 24.3 Å². The van der Waals surface area contributed by atoms with Crippen LogP contribution in [-0.4, -0.2) is 36.4 Å². The number of amides is 1. The Kier molecular flexibility index (Phi) is 6.35. The highest BCUT2D eigenvalue weighted by atomic mass is 16.6. The van der Waals surface area contributed by atoms with E-state index in [1.807, 2.05) is 0 Å². The molecular weight excluding hydrogens is 310 g/mol. The van der Waals surface area contributed by atoms with E-state index in [2.05, 4.69) is 5.32 Å². The summed E-state index contributed by atoms with van der Waals surface area (Å²) >= 11 is 0. The largest absolute Gasteiger partial charge is 0.482 e. The van der Waals surface area contributed by atoms with E-state index < -0.39 is 12.1 Å². The number of Topliss-reactive ketones (excluding diaryl/α,β-unsaturated/α-hetero) is 1. The molecule has 0 saturated heterocycles. The summed E-state index contributed by atoms with van der Waals surface area (Å²) in [5.41, 5.74) is 0.571. The first kappa shape index (κ1) is 18.0. The average Bonchev–Trinajstić information content (AvgIpc) is 3.06. The summed E-state index contributed by atoms with van der Waals surface area (Å²) in [6.07, 6.45) is 3.35. The topological polar surface area (TPSA) is 81.7 Å². The van der Waals surface area contributed by atoms with Crippen molar-refractivity contribution in [1.82, 2.24) is 5.32 Å². The van der Waals surface area contributed by atoms with Gasteiger partial charge in [0.1, 0.15) is 5.75 Å². The van der Waals surface area contributed by atoms with Crippen molar-refractivity contribution in [2.24, 2.45) is 0 Å². The number of benzene rings is 1. The fourth-order valence-corrected chi connectivity index (χ4v) is 2.60. The molecule has 0 heterocycles. The van der Waals surface area contributed by atoms with Crippen LogP contribution in [0, 0.1) is 0 Å². The Bertz CT molecular complexity index is 590. The van der Waals surface area contributed by atoms with Gasteiger partial charge in [0.05, 0.1) is 0 Å². The van der Waals surface area contributed by atoms with Gasteiger partial charge in [-0.05, 0) is 51.0 Å². The van der Waals surface area contributed by atoms with Crippen LogP contribution in [0.1, 0.15) is 49.9 Å². The van der Waals surface area contributed by atoms with E-state index in [-0.39, 0.29) is 24.3 Å². The Morgan fingerprint density at radius 2 is 1.79 bits per heavy atom. The van der Waals surface area contributed by atoms with Crippen molar-refractivity contribution in [2.45, 2.75) is 51.7 Å². The Hall–Kier alpha value is -2.37. The normalized spacial score (nSPS) is 15.6. The van der Waals surface area contributed by atoms with E-state index in [1.54, 1.807) is 31.2 Å². The van der Waals surface area contributed by atoms with Gasteiger partial charge in [0.25, 0.3) is 5.91 Å². The number of rotatable bonds is 7. The second kappa shape index (κ2) is 8.47. The molecule has 6 nitrogen and oxygen atoms in total. The van der Waals surface area contributed by atoms with Gasteiger partial charge in [0.15, 0.2) is 18.5 Å². The zero-order valence-corrected chi connectivity index (χ0v) is 14.0. The zero-order valence-electron chi connectivity index (χ0n) is 14.0. The molecule has 1 aromatic rings. The molecule has 130 valence electrons. The van der Waals surface area contributed by atoms with Crippen molar-refractivity contribution in [3.63, 3.8) is 0 Å². The molecule has 2 rings (SSSR count). The maximum Gasteiger partial charge on any atom is 0.344 e. The van der Waals surface area contributed by atoms with Gasteiger partial charge in [-0.3, -0.25) is 9.59 Å². The van der Waals surface area contributed by atoms with Gasteiger partial charge in [-0.25, -0.2) is 4.79 Å². The molecule has 6 heteroatoms. The van der Waals surface area contributed by atoms with E-state index in [1.165, 1.54) is 6.92 Å². The molecule has 0 radical (unpaired) electrons. The standard InChI is InChI=1S/C18H23NO5/c1-12(20)14-7-9-16(10-8-14)23-11-17(21)24-13(2)18(22)19-15-5-3-4-6-15/h7-10,13,15H,3-6,11H2,1-2H3,(H,19,22)/t13-/m1/s1. The summed E-state index contributed by atoms with van der Waals surface area (Å²) in [6, 6.07) is 6.66. The molecule has 1 saturated carbocycles. The van der Waals surface area contributed by atoms with Gasteiger partial charge in [-0.1, -0.05) is 12.8 Å². The minimum Gasteiger partial charge on any atom is -0.482 e. The molecule has 1 atom stereocenters. The highest BCUT2D eigenvalue weighted by Crippen LogP contribution is 2.18. The summed E-state index contributed by atoms with van der Waals surface area (Å²) in [5.74, 6) is -0.469. The third kappa shape index (κ3) is 5.37. The number of hydrogen-bond donors (Lipinski definition) is 1. The fraction of sp³-hybridized carbons (Fsp3) is 0.500. The number of hydrogen-bond acceptors (Lipinski definition) is 5. The van der Waals surface area contributed by atoms with Crippen LogP contribution >= 0.6 is 0 Å². The van der Waals surface area contributed by atoms with Crippen LogP contribution in [-0.2, 0) is 14.3 Å². The third-order valence-electron chi connectivity index (χ3n) is 4.00. The number of ketones is 1. The molecule has 1 fully saturated rings. The van der Waals surface area contributed by atoms with Gasteiger partial charge in [0, 0.05) is 11.6 Å². The lowest BCUT2D eigenvalue weighted by Gasteiger charge is -2.17. The maximum absolute atomic E-state index is 11.9. The van der Waals surface area contributed by atoms with Crippen molar-refractivity contribution >= 4 is 17.7 Å². The van der Waals surface area contributed by atoms with Crippen LogP contribution in [0.2, 0.25) is 0 Å². The average molecular weight is 333 g/mol. The fourth-order valence-electron chi connectivity index (χ4n) is 2.60. The van der Waals surface area contributed by atoms with Crippen molar-refractivity contribution in [3.05, 3.63) is 29.8 Å². The smallest absolute Gasteiger partial charge is 0.344 e. The highest BCUT2D eigenvalue weighted by Gasteiger charge is 2.23. The van der Waals surface area contributed by atoms with E-state index in [9.17, 15) is 14.4 Å². The van der Waals surface area contributed by atoms with Crippen molar-refractivity contribution in [3.8, 4) is 5.75 Å². The quantitative estimate of drug-likeness (QED) is 0.611. The Morgan fingerprint density at radius 3 is 2.38 bits per heavy atom. The minimum absolute atomic E-state index is 0.0388. The lowest BCUT2D eigenvalue weighted by molar-refractivity contribution is -0.156. The molecule has 0 bridgehead atoms. The van der Waals surface area contributed by atoms with Crippen LogP contribution in [0.3, 0.4) is 0 Å². The monoisotopic (exact) mass is 333 g/mol. The van der Waals surface area contributed by atoms with Crippen molar-refractivity contribution in [2.75, 3.05) is 6.61 Å². The number of ether oxygens (including phenoxy) is 2. The van der Waals surface area contributed by atoms with Gasteiger partial charge in [-0.2, -0.15) is 0 Å². The predicted molar refractivity (Wildman–Crippen MR) is 87.9 cm³/mol.